The van der Waals surface area contributed by atoms with Crippen LogP contribution in [0.1, 0.15) is 19.4 Å². The minimum atomic E-state index is -0.788. The number of anilines is 1. The number of ether oxygens (including phenoxy) is 3. The third kappa shape index (κ3) is 4.29. The predicted molar refractivity (Wildman–Crippen MR) is 109 cm³/mol. The zero-order valence-corrected chi connectivity index (χ0v) is 17.2. The molecule has 10 heteroatoms. The lowest BCUT2D eigenvalue weighted by Gasteiger charge is -2.21. The molecule has 1 aliphatic carbocycles. The van der Waals surface area contributed by atoms with Crippen molar-refractivity contribution < 1.29 is 19.1 Å². The van der Waals surface area contributed by atoms with Crippen molar-refractivity contribution in [3.05, 3.63) is 69.1 Å². The normalized spacial score (nSPS) is 24.4. The SMILES string of the molecule is CC1(C)O[C@@H]2[C@H](O1)C(COCc1ccccc1)=C[C@H]2Nc1ncnc(Cl)c1[N+](=O)[O-]. The Kier molecular flexibility index (Phi) is 5.70. The molecule has 0 bridgehead atoms. The van der Waals surface area contributed by atoms with E-state index in [4.69, 9.17) is 25.8 Å². The molecular weight excluding hydrogens is 412 g/mol. The van der Waals surface area contributed by atoms with E-state index >= 15 is 0 Å². The molecule has 1 aromatic heterocycles. The average molecular weight is 433 g/mol. The Bertz CT molecular complexity index is 969. The molecule has 30 heavy (non-hydrogen) atoms. The van der Waals surface area contributed by atoms with Gasteiger partial charge in [0.15, 0.2) is 5.79 Å². The van der Waals surface area contributed by atoms with Gasteiger partial charge in [0.05, 0.1) is 24.2 Å². The number of nitro groups is 1. The molecule has 0 unspecified atom stereocenters. The van der Waals surface area contributed by atoms with E-state index < -0.39 is 16.8 Å². The fourth-order valence-corrected chi connectivity index (χ4v) is 3.86. The minimum Gasteiger partial charge on any atom is -0.372 e. The van der Waals surface area contributed by atoms with Crippen molar-refractivity contribution in [3.8, 4) is 0 Å². The van der Waals surface area contributed by atoms with Crippen LogP contribution in [0.4, 0.5) is 11.5 Å². The summed E-state index contributed by atoms with van der Waals surface area (Å²) in [5, 5.41) is 14.2. The number of halogens is 1. The maximum Gasteiger partial charge on any atom is 0.348 e. The topological polar surface area (TPSA) is 109 Å². The van der Waals surface area contributed by atoms with Crippen molar-refractivity contribution in [1.82, 2.24) is 9.97 Å². The number of hydrogen-bond acceptors (Lipinski definition) is 8. The first-order chi connectivity index (χ1) is 14.3. The van der Waals surface area contributed by atoms with Gasteiger partial charge in [-0.1, -0.05) is 48.0 Å². The van der Waals surface area contributed by atoms with Gasteiger partial charge in [-0.15, -0.1) is 0 Å². The Balaban J connectivity index is 1.52. The molecule has 0 radical (unpaired) electrons. The Morgan fingerprint density at radius 1 is 1.23 bits per heavy atom. The Morgan fingerprint density at radius 2 is 2.00 bits per heavy atom. The summed E-state index contributed by atoms with van der Waals surface area (Å²) in [6.45, 7) is 4.47. The van der Waals surface area contributed by atoms with Gasteiger partial charge in [-0.25, -0.2) is 9.97 Å². The number of fused-ring (bicyclic) bond motifs is 1. The van der Waals surface area contributed by atoms with Gasteiger partial charge in [-0.2, -0.15) is 0 Å². The molecule has 0 amide bonds. The van der Waals surface area contributed by atoms with Crippen LogP contribution in [0.15, 0.2) is 48.3 Å². The van der Waals surface area contributed by atoms with Gasteiger partial charge >= 0.3 is 5.69 Å². The largest absolute Gasteiger partial charge is 0.372 e. The van der Waals surface area contributed by atoms with Crippen molar-refractivity contribution in [3.63, 3.8) is 0 Å². The number of nitrogens with one attached hydrogen (secondary N) is 1. The summed E-state index contributed by atoms with van der Waals surface area (Å²) < 4.78 is 18.0. The third-order valence-corrected chi connectivity index (χ3v) is 5.16. The summed E-state index contributed by atoms with van der Waals surface area (Å²) in [7, 11) is 0. The first kappa shape index (κ1) is 20.7. The molecule has 1 saturated heterocycles. The molecule has 4 rings (SSSR count). The summed E-state index contributed by atoms with van der Waals surface area (Å²) in [6, 6.07) is 9.45. The van der Waals surface area contributed by atoms with E-state index in [0.717, 1.165) is 11.1 Å². The van der Waals surface area contributed by atoms with Crippen molar-refractivity contribution in [2.45, 2.75) is 44.5 Å². The van der Waals surface area contributed by atoms with Crippen molar-refractivity contribution in [1.29, 1.82) is 0 Å². The highest BCUT2D eigenvalue weighted by Crippen LogP contribution is 2.40. The zero-order valence-electron chi connectivity index (χ0n) is 16.4. The van der Waals surface area contributed by atoms with Crippen LogP contribution in [-0.2, 0) is 20.8 Å². The van der Waals surface area contributed by atoms with E-state index in [1.807, 2.05) is 50.3 Å². The number of aromatic nitrogens is 2. The van der Waals surface area contributed by atoms with Crippen LogP contribution in [0.5, 0.6) is 0 Å². The van der Waals surface area contributed by atoms with Crippen LogP contribution >= 0.6 is 11.6 Å². The highest BCUT2D eigenvalue weighted by molar-refractivity contribution is 6.31. The standard InChI is InChI=1S/C20H21ClN4O5/c1-20(2)29-16-13(10-28-9-12-6-4-3-5-7-12)8-14(17(16)30-20)24-19-15(25(26)27)18(21)22-11-23-19/h3-8,11,14,16-17H,9-10H2,1-2H3,(H,22,23,24)/t14-,16-,17+/m1/s1. The highest BCUT2D eigenvalue weighted by Gasteiger charge is 2.50. The quantitative estimate of drug-likeness (QED) is 0.306. The number of benzene rings is 1. The molecule has 2 heterocycles. The van der Waals surface area contributed by atoms with E-state index in [1.54, 1.807) is 0 Å². The molecule has 0 spiro atoms. The molecule has 1 aliphatic heterocycles. The van der Waals surface area contributed by atoms with Crippen LogP contribution in [0.2, 0.25) is 5.15 Å². The molecule has 3 atom stereocenters. The monoisotopic (exact) mass is 432 g/mol. The number of rotatable bonds is 7. The van der Waals surface area contributed by atoms with Crippen molar-refractivity contribution in [2.75, 3.05) is 11.9 Å². The summed E-state index contributed by atoms with van der Waals surface area (Å²) >= 11 is 5.90. The molecule has 9 nitrogen and oxygen atoms in total. The van der Waals surface area contributed by atoms with Gasteiger partial charge in [-0.05, 0) is 25.0 Å². The lowest BCUT2D eigenvalue weighted by Crippen LogP contribution is -2.35. The van der Waals surface area contributed by atoms with Crippen LogP contribution in [0.25, 0.3) is 0 Å². The van der Waals surface area contributed by atoms with E-state index in [2.05, 4.69) is 15.3 Å². The van der Waals surface area contributed by atoms with Gasteiger partial charge < -0.3 is 19.5 Å². The molecule has 0 saturated carbocycles. The first-order valence-electron chi connectivity index (χ1n) is 9.43. The van der Waals surface area contributed by atoms with E-state index in [0.29, 0.717) is 13.2 Å². The Labute approximate surface area is 178 Å². The molecule has 1 N–H and O–H groups in total. The molecule has 1 fully saturated rings. The second-order valence-corrected chi connectivity index (χ2v) is 7.89. The predicted octanol–water partition coefficient (Wildman–Crippen LogP) is 3.50. The van der Waals surface area contributed by atoms with Gasteiger partial charge in [0.1, 0.15) is 18.5 Å². The summed E-state index contributed by atoms with van der Waals surface area (Å²) in [4.78, 5) is 18.5. The van der Waals surface area contributed by atoms with Gasteiger partial charge in [0.2, 0.25) is 11.0 Å². The zero-order chi connectivity index (χ0) is 21.3. The average Bonchev–Trinajstić information content (AvgIpc) is 3.16. The second kappa shape index (κ2) is 8.27. The Hall–Kier alpha value is -2.59. The fourth-order valence-electron chi connectivity index (χ4n) is 3.66. The molecule has 1 aromatic carbocycles. The first-order valence-corrected chi connectivity index (χ1v) is 9.81. The summed E-state index contributed by atoms with van der Waals surface area (Å²) in [6.07, 6.45) is 2.37. The molecule has 158 valence electrons. The lowest BCUT2D eigenvalue weighted by molar-refractivity contribution is -0.384. The van der Waals surface area contributed by atoms with E-state index in [1.165, 1.54) is 6.33 Å². The minimum absolute atomic E-state index is 0.0276. The van der Waals surface area contributed by atoms with Crippen LogP contribution in [0, 0.1) is 10.1 Å². The van der Waals surface area contributed by atoms with E-state index in [-0.39, 0.29) is 28.9 Å². The maximum atomic E-state index is 11.4. The smallest absolute Gasteiger partial charge is 0.348 e. The molecule has 2 aliphatic rings. The van der Waals surface area contributed by atoms with Gasteiger partial charge in [-0.3, -0.25) is 10.1 Å². The molecular formula is C20H21ClN4O5. The van der Waals surface area contributed by atoms with Crippen molar-refractivity contribution in [2.24, 2.45) is 0 Å². The third-order valence-electron chi connectivity index (χ3n) is 4.89. The highest BCUT2D eigenvalue weighted by atomic mass is 35.5. The van der Waals surface area contributed by atoms with Gasteiger partial charge in [0.25, 0.3) is 0 Å². The van der Waals surface area contributed by atoms with Crippen LogP contribution in [-0.4, -0.2) is 45.5 Å². The summed E-state index contributed by atoms with van der Waals surface area (Å²) in [5.41, 5.74) is 1.59. The number of hydrogen-bond donors (Lipinski definition) is 1. The second-order valence-electron chi connectivity index (χ2n) is 7.53. The Morgan fingerprint density at radius 3 is 2.73 bits per heavy atom. The maximum absolute atomic E-state index is 11.4. The van der Waals surface area contributed by atoms with Crippen LogP contribution in [0.3, 0.4) is 0 Å². The fraction of sp³-hybridized carbons (Fsp3) is 0.400. The summed E-state index contributed by atoms with van der Waals surface area (Å²) in [5.74, 6) is -0.761. The van der Waals surface area contributed by atoms with Crippen molar-refractivity contribution >= 4 is 23.1 Å². The van der Waals surface area contributed by atoms with Gasteiger partial charge in [0, 0.05) is 0 Å². The van der Waals surface area contributed by atoms with E-state index in [9.17, 15) is 10.1 Å². The number of nitrogens with zero attached hydrogens (tertiary/aromatic N) is 3. The molecule has 2 aromatic rings. The lowest BCUT2D eigenvalue weighted by atomic mass is 10.1. The van der Waals surface area contributed by atoms with Crippen LogP contribution < -0.4 is 5.32 Å².